The Balaban J connectivity index is 1.96. The van der Waals surface area contributed by atoms with Gasteiger partial charge in [-0.1, -0.05) is 51.2 Å². The smallest absolute Gasteiger partial charge is 0.226 e. The van der Waals surface area contributed by atoms with Gasteiger partial charge < -0.3 is 4.90 Å². The van der Waals surface area contributed by atoms with Gasteiger partial charge in [-0.25, -0.2) is 0 Å². The Kier molecular flexibility index (Phi) is 5.57. The highest BCUT2D eigenvalue weighted by Crippen LogP contribution is 2.39. The van der Waals surface area contributed by atoms with E-state index in [4.69, 9.17) is 0 Å². The molecule has 0 aromatic carbocycles. The summed E-state index contributed by atoms with van der Waals surface area (Å²) in [6.07, 6.45) is 7.63. The molecule has 3 atom stereocenters. The molecule has 2 aliphatic rings. The molecular weight excluding hydrogens is 245 g/mol. The number of amides is 1. The van der Waals surface area contributed by atoms with Gasteiger partial charge in [0.2, 0.25) is 5.91 Å². The maximum absolute atomic E-state index is 12.7. The SMILES string of the molecule is CC(C)BC1CCCC2C(=O)N(C(C)C)CCC2CC1. The van der Waals surface area contributed by atoms with Crippen LogP contribution in [-0.4, -0.2) is 30.7 Å². The summed E-state index contributed by atoms with van der Waals surface area (Å²) in [5, 5.41) is 0. The molecule has 0 aromatic heterocycles. The number of rotatable bonds is 3. The van der Waals surface area contributed by atoms with Crippen molar-refractivity contribution < 1.29 is 4.79 Å². The first-order chi connectivity index (χ1) is 9.49. The molecule has 3 heteroatoms. The van der Waals surface area contributed by atoms with E-state index >= 15 is 0 Å². The number of fused-ring (bicyclic) bond motifs is 1. The Morgan fingerprint density at radius 2 is 1.80 bits per heavy atom. The quantitative estimate of drug-likeness (QED) is 0.717. The minimum absolute atomic E-state index is 0.339. The average Bonchev–Trinajstić information content (AvgIpc) is 2.34. The Morgan fingerprint density at radius 3 is 2.45 bits per heavy atom. The summed E-state index contributed by atoms with van der Waals surface area (Å²) in [5.74, 6) is 3.20. The number of likely N-dealkylation sites (tertiary alicyclic amines) is 1. The first-order valence-electron chi connectivity index (χ1n) is 8.79. The second-order valence-corrected chi connectivity index (χ2v) is 7.78. The topological polar surface area (TPSA) is 20.3 Å². The number of piperidine rings is 1. The molecule has 20 heavy (non-hydrogen) atoms. The molecule has 3 unspecified atom stereocenters. The fraction of sp³-hybridized carbons (Fsp3) is 0.941. The zero-order valence-corrected chi connectivity index (χ0v) is 13.9. The molecule has 1 heterocycles. The van der Waals surface area contributed by atoms with Crippen molar-refractivity contribution in [1.82, 2.24) is 4.90 Å². The molecule has 1 amide bonds. The third kappa shape index (κ3) is 3.80. The highest BCUT2D eigenvalue weighted by molar-refractivity contribution is 6.39. The van der Waals surface area contributed by atoms with Crippen LogP contribution in [0.4, 0.5) is 0 Å². The van der Waals surface area contributed by atoms with Crippen LogP contribution in [0, 0.1) is 11.8 Å². The van der Waals surface area contributed by atoms with Crippen LogP contribution in [0.5, 0.6) is 0 Å². The molecule has 2 nitrogen and oxygen atoms in total. The van der Waals surface area contributed by atoms with Crippen LogP contribution in [0.15, 0.2) is 0 Å². The van der Waals surface area contributed by atoms with Gasteiger partial charge in [0.25, 0.3) is 0 Å². The van der Waals surface area contributed by atoms with Crippen LogP contribution >= 0.6 is 0 Å². The second-order valence-electron chi connectivity index (χ2n) is 7.78. The van der Waals surface area contributed by atoms with Crippen LogP contribution in [0.2, 0.25) is 11.6 Å². The van der Waals surface area contributed by atoms with E-state index in [2.05, 4.69) is 32.6 Å². The lowest BCUT2D eigenvalue weighted by atomic mass is 9.52. The average molecular weight is 277 g/mol. The number of carbonyl (C=O) groups excluding carboxylic acids is 1. The van der Waals surface area contributed by atoms with Crippen molar-refractivity contribution in [3.05, 3.63) is 0 Å². The lowest BCUT2D eigenvalue weighted by molar-refractivity contribution is -0.144. The third-order valence-corrected chi connectivity index (χ3v) is 5.41. The van der Waals surface area contributed by atoms with Crippen LogP contribution in [0.25, 0.3) is 0 Å². The molecule has 1 aliphatic carbocycles. The molecule has 0 aromatic rings. The minimum Gasteiger partial charge on any atom is -0.340 e. The standard InChI is InChI=1S/C17H32BNO/c1-12(2)18-15-6-5-7-16-14(8-9-15)10-11-19(13(3)4)17(16)20/h12-16,18H,5-11H2,1-4H3. The largest absolute Gasteiger partial charge is 0.340 e. The van der Waals surface area contributed by atoms with Gasteiger partial charge >= 0.3 is 0 Å². The first-order valence-corrected chi connectivity index (χ1v) is 8.79. The van der Waals surface area contributed by atoms with Gasteiger partial charge in [-0.3, -0.25) is 4.79 Å². The molecule has 0 radical (unpaired) electrons. The molecule has 1 saturated heterocycles. The molecule has 1 aliphatic heterocycles. The molecule has 0 bridgehead atoms. The molecular formula is C17H32BNO. The van der Waals surface area contributed by atoms with Crippen LogP contribution in [0.1, 0.15) is 66.2 Å². The van der Waals surface area contributed by atoms with Gasteiger partial charge in [0.1, 0.15) is 7.28 Å². The number of hydrogen-bond acceptors (Lipinski definition) is 1. The summed E-state index contributed by atoms with van der Waals surface area (Å²) in [5.41, 5.74) is 0. The summed E-state index contributed by atoms with van der Waals surface area (Å²) >= 11 is 0. The molecule has 0 spiro atoms. The minimum atomic E-state index is 0.339. The highest BCUT2D eigenvalue weighted by Gasteiger charge is 2.38. The van der Waals surface area contributed by atoms with Gasteiger partial charge in [-0.05, 0) is 32.6 Å². The van der Waals surface area contributed by atoms with Gasteiger partial charge in [-0.15, -0.1) is 0 Å². The van der Waals surface area contributed by atoms with E-state index in [0.29, 0.717) is 23.8 Å². The van der Waals surface area contributed by atoms with Crippen LogP contribution in [0.3, 0.4) is 0 Å². The Morgan fingerprint density at radius 1 is 1.05 bits per heavy atom. The predicted octanol–water partition coefficient (Wildman–Crippen LogP) is 3.88. The Bertz CT molecular complexity index is 329. The highest BCUT2D eigenvalue weighted by atomic mass is 16.2. The molecule has 0 N–H and O–H groups in total. The van der Waals surface area contributed by atoms with E-state index in [0.717, 1.165) is 24.6 Å². The fourth-order valence-electron chi connectivity index (χ4n) is 4.37. The molecule has 1 saturated carbocycles. The molecule has 2 rings (SSSR count). The van der Waals surface area contributed by atoms with Crippen molar-refractivity contribution in [3.8, 4) is 0 Å². The fourth-order valence-corrected chi connectivity index (χ4v) is 4.37. The Hall–Kier alpha value is -0.465. The first kappa shape index (κ1) is 15.9. The van der Waals surface area contributed by atoms with Crippen molar-refractivity contribution in [3.63, 3.8) is 0 Å². The summed E-state index contributed by atoms with van der Waals surface area (Å²) in [4.78, 5) is 14.8. The van der Waals surface area contributed by atoms with E-state index in [1.807, 2.05) is 0 Å². The van der Waals surface area contributed by atoms with E-state index in [1.165, 1.54) is 39.4 Å². The lowest BCUT2D eigenvalue weighted by Crippen LogP contribution is -2.49. The van der Waals surface area contributed by atoms with Crippen molar-refractivity contribution in [2.24, 2.45) is 11.8 Å². The van der Waals surface area contributed by atoms with E-state index in [-0.39, 0.29) is 0 Å². The number of nitrogens with zero attached hydrogens (tertiary/aromatic N) is 1. The molecule has 2 fully saturated rings. The van der Waals surface area contributed by atoms with E-state index in [1.54, 1.807) is 0 Å². The van der Waals surface area contributed by atoms with Crippen molar-refractivity contribution in [1.29, 1.82) is 0 Å². The number of carbonyl (C=O) groups is 1. The van der Waals surface area contributed by atoms with Gasteiger partial charge in [0, 0.05) is 18.5 Å². The van der Waals surface area contributed by atoms with Crippen LogP contribution in [-0.2, 0) is 4.79 Å². The monoisotopic (exact) mass is 277 g/mol. The van der Waals surface area contributed by atoms with Gasteiger partial charge in [-0.2, -0.15) is 0 Å². The van der Waals surface area contributed by atoms with Gasteiger partial charge in [0.15, 0.2) is 0 Å². The van der Waals surface area contributed by atoms with Crippen molar-refractivity contribution in [2.45, 2.75) is 83.9 Å². The molecule has 114 valence electrons. The summed E-state index contributed by atoms with van der Waals surface area (Å²) < 4.78 is 0. The van der Waals surface area contributed by atoms with Crippen LogP contribution < -0.4 is 0 Å². The summed E-state index contributed by atoms with van der Waals surface area (Å²) in [7, 11) is 1.38. The number of hydrogen-bond donors (Lipinski definition) is 0. The maximum atomic E-state index is 12.7. The van der Waals surface area contributed by atoms with Gasteiger partial charge in [0.05, 0.1) is 0 Å². The van der Waals surface area contributed by atoms with Crippen molar-refractivity contribution >= 4 is 13.2 Å². The predicted molar refractivity (Wildman–Crippen MR) is 87.5 cm³/mol. The second kappa shape index (κ2) is 7.00. The summed E-state index contributed by atoms with van der Waals surface area (Å²) in [6, 6.07) is 0.377. The Labute approximate surface area is 125 Å². The third-order valence-electron chi connectivity index (χ3n) is 5.41. The maximum Gasteiger partial charge on any atom is 0.226 e. The van der Waals surface area contributed by atoms with E-state index in [9.17, 15) is 4.79 Å². The summed E-state index contributed by atoms with van der Waals surface area (Å²) in [6.45, 7) is 9.98. The lowest BCUT2D eigenvalue weighted by Gasteiger charge is -2.41. The van der Waals surface area contributed by atoms with E-state index < -0.39 is 0 Å². The van der Waals surface area contributed by atoms with Crippen molar-refractivity contribution in [2.75, 3.05) is 6.54 Å². The zero-order valence-electron chi connectivity index (χ0n) is 13.9. The zero-order chi connectivity index (χ0) is 14.7. The normalized spacial score (nSPS) is 32.0.